The topological polar surface area (TPSA) is 15.8 Å². The van der Waals surface area contributed by atoms with E-state index in [1.807, 2.05) is 6.07 Å². The molecule has 0 unspecified atom stereocenters. The lowest BCUT2D eigenvalue weighted by Gasteiger charge is -2.00. The van der Waals surface area contributed by atoms with Gasteiger partial charge in [-0.3, -0.25) is 0 Å². The molecule has 0 aliphatic carbocycles. The molecule has 0 saturated carbocycles. The van der Waals surface area contributed by atoms with Gasteiger partial charge in [-0.25, -0.2) is 13.2 Å². The van der Waals surface area contributed by atoms with Crippen molar-refractivity contribution in [2.24, 2.45) is 0 Å². The SMILES string of the molecule is Fc1cc(-c2cc3cccc(Cl)c3[nH]2)cc(F)c1F. The minimum Gasteiger partial charge on any atom is -0.353 e. The number of aromatic nitrogens is 1. The van der Waals surface area contributed by atoms with E-state index in [2.05, 4.69) is 4.98 Å². The van der Waals surface area contributed by atoms with Crippen LogP contribution < -0.4 is 0 Å². The molecule has 1 heterocycles. The summed E-state index contributed by atoms with van der Waals surface area (Å²) in [5.41, 5.74) is 1.37. The molecule has 0 aliphatic heterocycles. The van der Waals surface area contributed by atoms with E-state index in [9.17, 15) is 13.2 Å². The Hall–Kier alpha value is -1.94. The lowest BCUT2D eigenvalue weighted by Crippen LogP contribution is -1.91. The van der Waals surface area contributed by atoms with Gasteiger partial charge in [-0.15, -0.1) is 0 Å². The average Bonchev–Trinajstić information content (AvgIpc) is 2.81. The third-order valence-corrected chi connectivity index (χ3v) is 3.22. The first-order valence-electron chi connectivity index (χ1n) is 5.48. The molecule has 96 valence electrons. The molecule has 0 bridgehead atoms. The van der Waals surface area contributed by atoms with Crippen molar-refractivity contribution in [1.82, 2.24) is 4.98 Å². The van der Waals surface area contributed by atoms with Crippen molar-refractivity contribution >= 4 is 22.5 Å². The second-order valence-corrected chi connectivity index (χ2v) is 4.55. The molecule has 19 heavy (non-hydrogen) atoms. The van der Waals surface area contributed by atoms with Gasteiger partial charge in [0.2, 0.25) is 0 Å². The number of aromatic amines is 1. The van der Waals surface area contributed by atoms with Crippen LogP contribution in [-0.2, 0) is 0 Å². The maximum Gasteiger partial charge on any atom is 0.194 e. The van der Waals surface area contributed by atoms with Crippen LogP contribution >= 0.6 is 11.6 Å². The lowest BCUT2D eigenvalue weighted by atomic mass is 10.1. The Morgan fingerprint density at radius 3 is 2.26 bits per heavy atom. The van der Waals surface area contributed by atoms with E-state index in [1.54, 1.807) is 18.2 Å². The molecule has 1 N–H and O–H groups in total. The molecule has 0 aliphatic rings. The van der Waals surface area contributed by atoms with Crippen molar-refractivity contribution < 1.29 is 13.2 Å². The first-order chi connectivity index (χ1) is 9.06. The minimum atomic E-state index is -1.47. The highest BCUT2D eigenvalue weighted by Crippen LogP contribution is 2.29. The van der Waals surface area contributed by atoms with Crippen molar-refractivity contribution in [3.63, 3.8) is 0 Å². The molecule has 0 saturated heterocycles. The van der Waals surface area contributed by atoms with E-state index in [0.717, 1.165) is 17.5 Å². The summed E-state index contributed by atoms with van der Waals surface area (Å²) in [5.74, 6) is -3.92. The number of rotatable bonds is 1. The van der Waals surface area contributed by atoms with Crippen molar-refractivity contribution in [3.05, 3.63) is 58.9 Å². The molecule has 5 heteroatoms. The summed E-state index contributed by atoms with van der Waals surface area (Å²) in [6.07, 6.45) is 0. The number of benzene rings is 2. The zero-order valence-corrected chi connectivity index (χ0v) is 10.2. The van der Waals surface area contributed by atoms with E-state index < -0.39 is 17.5 Å². The van der Waals surface area contributed by atoms with E-state index in [4.69, 9.17) is 11.6 Å². The summed E-state index contributed by atoms with van der Waals surface area (Å²) >= 11 is 6.01. The fourth-order valence-electron chi connectivity index (χ4n) is 1.99. The highest BCUT2D eigenvalue weighted by Gasteiger charge is 2.13. The molecule has 0 fully saturated rings. The van der Waals surface area contributed by atoms with Gasteiger partial charge < -0.3 is 4.98 Å². The summed E-state index contributed by atoms with van der Waals surface area (Å²) in [6, 6.07) is 8.88. The Bertz CT molecular complexity index is 756. The number of halogens is 4. The van der Waals surface area contributed by atoms with Gasteiger partial charge in [0.1, 0.15) is 0 Å². The Morgan fingerprint density at radius 2 is 1.63 bits per heavy atom. The van der Waals surface area contributed by atoms with Crippen molar-refractivity contribution in [1.29, 1.82) is 0 Å². The van der Waals surface area contributed by atoms with Crippen molar-refractivity contribution in [2.45, 2.75) is 0 Å². The summed E-state index contributed by atoms with van der Waals surface area (Å²) in [5, 5.41) is 1.32. The first kappa shape index (κ1) is 12.1. The van der Waals surface area contributed by atoms with Crippen LogP contribution in [0.15, 0.2) is 36.4 Å². The van der Waals surface area contributed by atoms with Gasteiger partial charge in [0.25, 0.3) is 0 Å². The van der Waals surface area contributed by atoms with Crippen LogP contribution in [0.3, 0.4) is 0 Å². The van der Waals surface area contributed by atoms with Crippen LogP contribution in [0, 0.1) is 17.5 Å². The number of nitrogens with one attached hydrogen (secondary N) is 1. The summed E-state index contributed by atoms with van der Waals surface area (Å²) in [4.78, 5) is 2.97. The molecular formula is C14H7ClF3N. The maximum atomic E-state index is 13.2. The quantitative estimate of drug-likeness (QED) is 0.610. The monoisotopic (exact) mass is 281 g/mol. The zero-order chi connectivity index (χ0) is 13.6. The number of para-hydroxylation sites is 1. The largest absolute Gasteiger partial charge is 0.353 e. The Labute approximate surface area is 111 Å². The minimum absolute atomic E-state index is 0.226. The molecule has 0 atom stereocenters. The van der Waals surface area contributed by atoms with Gasteiger partial charge in [0.05, 0.1) is 10.5 Å². The van der Waals surface area contributed by atoms with Gasteiger partial charge >= 0.3 is 0 Å². The lowest BCUT2D eigenvalue weighted by molar-refractivity contribution is 0.447. The van der Waals surface area contributed by atoms with Crippen LogP contribution in [0.4, 0.5) is 13.2 Å². The van der Waals surface area contributed by atoms with Crippen LogP contribution in [0.5, 0.6) is 0 Å². The molecule has 3 rings (SSSR count). The van der Waals surface area contributed by atoms with E-state index in [0.29, 0.717) is 16.2 Å². The molecule has 0 amide bonds. The van der Waals surface area contributed by atoms with Crippen LogP contribution in [-0.4, -0.2) is 4.98 Å². The highest BCUT2D eigenvalue weighted by molar-refractivity contribution is 6.35. The Morgan fingerprint density at radius 1 is 0.947 bits per heavy atom. The smallest absolute Gasteiger partial charge is 0.194 e. The first-order valence-corrected chi connectivity index (χ1v) is 5.86. The Balaban J connectivity index is 2.22. The second-order valence-electron chi connectivity index (χ2n) is 4.14. The molecule has 2 aromatic carbocycles. The van der Waals surface area contributed by atoms with Gasteiger partial charge in [0.15, 0.2) is 17.5 Å². The van der Waals surface area contributed by atoms with Crippen molar-refractivity contribution in [2.75, 3.05) is 0 Å². The number of hydrogen-bond acceptors (Lipinski definition) is 0. The number of H-pyrrole nitrogens is 1. The number of hydrogen-bond donors (Lipinski definition) is 1. The molecule has 1 aromatic heterocycles. The molecule has 3 aromatic rings. The van der Waals surface area contributed by atoms with Gasteiger partial charge in [0, 0.05) is 16.6 Å². The third kappa shape index (κ3) is 1.98. The summed E-state index contributed by atoms with van der Waals surface area (Å²) < 4.78 is 39.3. The Kier molecular flexibility index (Phi) is 2.75. The predicted octanol–water partition coefficient (Wildman–Crippen LogP) is 4.91. The van der Waals surface area contributed by atoms with E-state index in [1.165, 1.54) is 0 Å². The molecular weight excluding hydrogens is 275 g/mol. The van der Waals surface area contributed by atoms with Crippen LogP contribution in [0.2, 0.25) is 5.02 Å². The van der Waals surface area contributed by atoms with Crippen molar-refractivity contribution in [3.8, 4) is 11.3 Å². The maximum absolute atomic E-state index is 13.2. The molecule has 1 nitrogen and oxygen atoms in total. The second kappa shape index (κ2) is 4.31. The summed E-state index contributed by atoms with van der Waals surface area (Å²) in [6.45, 7) is 0. The van der Waals surface area contributed by atoms with Crippen LogP contribution in [0.25, 0.3) is 22.2 Å². The number of fused-ring (bicyclic) bond motifs is 1. The zero-order valence-electron chi connectivity index (χ0n) is 9.48. The van der Waals surface area contributed by atoms with Gasteiger partial charge in [-0.1, -0.05) is 23.7 Å². The van der Waals surface area contributed by atoms with Crippen LogP contribution in [0.1, 0.15) is 0 Å². The fraction of sp³-hybridized carbons (Fsp3) is 0. The fourth-order valence-corrected chi connectivity index (χ4v) is 2.21. The average molecular weight is 282 g/mol. The summed E-state index contributed by atoms with van der Waals surface area (Å²) in [7, 11) is 0. The highest BCUT2D eigenvalue weighted by atomic mass is 35.5. The third-order valence-electron chi connectivity index (χ3n) is 2.90. The molecule has 0 radical (unpaired) electrons. The predicted molar refractivity (Wildman–Crippen MR) is 68.6 cm³/mol. The van der Waals surface area contributed by atoms with E-state index >= 15 is 0 Å². The van der Waals surface area contributed by atoms with Gasteiger partial charge in [-0.2, -0.15) is 0 Å². The molecule has 0 spiro atoms. The normalized spacial score (nSPS) is 11.2. The van der Waals surface area contributed by atoms with Gasteiger partial charge in [-0.05, 0) is 24.3 Å². The van der Waals surface area contributed by atoms with E-state index in [-0.39, 0.29) is 5.56 Å². The standard InChI is InChI=1S/C14H7ClF3N/c15-9-3-1-2-7-6-12(19-14(7)9)8-4-10(16)13(18)11(17)5-8/h1-6,19H.